The second-order valence-electron chi connectivity index (χ2n) is 21.1. The predicted octanol–water partition coefficient (Wildman–Crippen LogP) is 21.5. The molecule has 0 amide bonds. The van der Waals surface area contributed by atoms with E-state index in [4.69, 9.17) is 0 Å². The van der Waals surface area contributed by atoms with Crippen molar-refractivity contribution >= 4 is 118 Å². The van der Waals surface area contributed by atoms with E-state index in [-0.39, 0.29) is 0 Å². The van der Waals surface area contributed by atoms with Gasteiger partial charge in [-0.1, -0.05) is 224 Å². The minimum Gasteiger partial charge on any atom is -0.308 e. The Hall–Kier alpha value is -10.1. The number of nitrogens with zero attached hydrogens (tertiary/aromatic N) is 2. The molecule has 14 aromatic carbocycles. The van der Waals surface area contributed by atoms with Gasteiger partial charge in [0.25, 0.3) is 0 Å². The van der Waals surface area contributed by atoms with Crippen LogP contribution >= 0.6 is 11.3 Å². The summed E-state index contributed by atoms with van der Waals surface area (Å²) in [5, 5.41) is 17.4. The lowest BCUT2D eigenvalue weighted by atomic mass is 9.89. The molecule has 0 radical (unpaired) electrons. The summed E-state index contributed by atoms with van der Waals surface area (Å²) in [4.78, 5) is 0. The van der Waals surface area contributed by atoms with Gasteiger partial charge >= 0.3 is 0 Å². The molecule has 0 bridgehead atoms. The van der Waals surface area contributed by atoms with Crippen molar-refractivity contribution in [3.05, 3.63) is 279 Å². The van der Waals surface area contributed by atoms with Crippen molar-refractivity contribution in [2.45, 2.75) is 0 Å². The Morgan fingerprint density at radius 2 is 0.532 bits per heavy atom. The summed E-state index contributed by atoms with van der Waals surface area (Å²) in [6.45, 7) is 0. The Morgan fingerprint density at radius 3 is 0.987 bits per heavy atom. The maximum Gasteiger partial charge on any atom is 0.0619 e. The average molecular weight is 1020 g/mol. The van der Waals surface area contributed by atoms with E-state index in [2.05, 4.69) is 288 Å². The van der Waals surface area contributed by atoms with E-state index in [0.717, 1.165) is 0 Å². The van der Waals surface area contributed by atoms with Crippen LogP contribution in [-0.4, -0.2) is 9.13 Å². The number of thiophene rings is 1. The molecule has 0 aliphatic heterocycles. The van der Waals surface area contributed by atoms with Crippen LogP contribution in [0.5, 0.6) is 0 Å². The fourth-order valence-corrected chi connectivity index (χ4v) is 14.6. The lowest BCUT2D eigenvalue weighted by Gasteiger charge is -2.20. The highest BCUT2D eigenvalue weighted by Crippen LogP contribution is 2.49. The molecule has 3 heteroatoms. The molecule has 2 nitrogen and oxygen atoms in total. The summed E-state index contributed by atoms with van der Waals surface area (Å²) in [6.07, 6.45) is 0. The van der Waals surface area contributed by atoms with Gasteiger partial charge in [-0.25, -0.2) is 0 Å². The van der Waals surface area contributed by atoms with Gasteiger partial charge in [-0.15, -0.1) is 11.3 Å². The van der Waals surface area contributed by atoms with Gasteiger partial charge < -0.3 is 9.13 Å². The number of fused-ring (bicyclic) bond motifs is 13. The summed E-state index contributed by atoms with van der Waals surface area (Å²) in [7, 11) is 0. The van der Waals surface area contributed by atoms with Gasteiger partial charge in [0.05, 0.1) is 33.4 Å². The molecule has 0 fully saturated rings. The van der Waals surface area contributed by atoms with Crippen molar-refractivity contribution in [2.75, 3.05) is 0 Å². The molecule has 3 heterocycles. The monoisotopic (exact) mass is 1020 g/mol. The Bertz CT molecular complexity index is 5250. The number of hydrogen-bond donors (Lipinski definition) is 0. The molecule has 0 aliphatic rings. The minimum atomic E-state index is 1.20. The zero-order valence-corrected chi connectivity index (χ0v) is 43.7. The van der Waals surface area contributed by atoms with Crippen molar-refractivity contribution in [3.63, 3.8) is 0 Å². The summed E-state index contributed by atoms with van der Waals surface area (Å²) in [6, 6.07) is 104. The SMILES string of the molecule is c1ccc(-c2ccc3c(c2)c2ccccc2n3-c2c3ccccc3c(-c3ccc4c(c3)sc3ccc(-c5c6ccccc6c(-n6c7ccccc7c7cc(-c8ccccc8)ccc76)c6ccccc56)cc34)c3ccccc23)cc1. The van der Waals surface area contributed by atoms with Crippen molar-refractivity contribution in [1.29, 1.82) is 0 Å². The zero-order valence-electron chi connectivity index (χ0n) is 42.9. The molecule has 0 aliphatic carbocycles. The second kappa shape index (κ2) is 17.2. The number of para-hydroxylation sites is 2. The summed E-state index contributed by atoms with van der Waals surface area (Å²) >= 11 is 1.89. The fraction of sp³-hybridized carbons (Fsp3) is 0. The highest BCUT2D eigenvalue weighted by atomic mass is 32.1. The van der Waals surface area contributed by atoms with Gasteiger partial charge in [-0.2, -0.15) is 0 Å². The quantitative estimate of drug-likeness (QED) is 0.147. The third-order valence-corrected chi connectivity index (χ3v) is 18.0. The van der Waals surface area contributed by atoms with Gasteiger partial charge in [-0.05, 0) is 121 Å². The normalized spacial score (nSPS) is 12.1. The smallest absolute Gasteiger partial charge is 0.0619 e. The van der Waals surface area contributed by atoms with Gasteiger partial charge in [0.15, 0.2) is 0 Å². The molecule has 3 aromatic heterocycles. The van der Waals surface area contributed by atoms with Crippen LogP contribution in [0.3, 0.4) is 0 Å². The number of aromatic nitrogens is 2. The van der Waals surface area contributed by atoms with Crippen molar-refractivity contribution in [3.8, 4) is 55.9 Å². The van der Waals surface area contributed by atoms with Crippen LogP contribution in [0.15, 0.2) is 279 Å². The molecule has 0 saturated heterocycles. The Kier molecular flexibility index (Phi) is 9.62. The highest BCUT2D eigenvalue weighted by molar-refractivity contribution is 7.25. The number of benzene rings is 14. The molecule has 17 rings (SSSR count). The lowest BCUT2D eigenvalue weighted by molar-refractivity contribution is 1.21. The first-order valence-corrected chi connectivity index (χ1v) is 28.1. The van der Waals surface area contributed by atoms with Crippen LogP contribution in [-0.2, 0) is 0 Å². The van der Waals surface area contributed by atoms with Gasteiger partial charge in [0, 0.05) is 63.3 Å². The van der Waals surface area contributed by atoms with Crippen LogP contribution in [0.1, 0.15) is 0 Å². The summed E-state index contributed by atoms with van der Waals surface area (Å²) in [5.74, 6) is 0. The predicted molar refractivity (Wildman–Crippen MR) is 340 cm³/mol. The first-order chi connectivity index (χ1) is 39.2. The highest BCUT2D eigenvalue weighted by Gasteiger charge is 2.24. The van der Waals surface area contributed by atoms with Crippen LogP contribution in [0.4, 0.5) is 0 Å². The van der Waals surface area contributed by atoms with Crippen LogP contribution in [0.25, 0.3) is 163 Å². The Balaban J connectivity index is 0.833. The van der Waals surface area contributed by atoms with Crippen LogP contribution < -0.4 is 0 Å². The largest absolute Gasteiger partial charge is 0.308 e. The third kappa shape index (κ3) is 6.58. The first kappa shape index (κ1) is 44.1. The molecule has 366 valence electrons. The van der Waals surface area contributed by atoms with E-state index in [1.165, 1.54) is 163 Å². The average Bonchev–Trinajstić information content (AvgIpc) is 4.29. The van der Waals surface area contributed by atoms with E-state index in [9.17, 15) is 0 Å². The molecule has 17 aromatic rings. The van der Waals surface area contributed by atoms with Crippen molar-refractivity contribution in [1.82, 2.24) is 9.13 Å². The van der Waals surface area contributed by atoms with Crippen LogP contribution in [0, 0.1) is 0 Å². The molecule has 0 spiro atoms. The van der Waals surface area contributed by atoms with E-state index < -0.39 is 0 Å². The lowest BCUT2D eigenvalue weighted by Crippen LogP contribution is -1.99. The molecule has 0 N–H and O–H groups in total. The van der Waals surface area contributed by atoms with E-state index in [0.29, 0.717) is 0 Å². The van der Waals surface area contributed by atoms with Gasteiger partial charge in [0.1, 0.15) is 0 Å². The second-order valence-corrected chi connectivity index (χ2v) is 22.1. The van der Waals surface area contributed by atoms with Gasteiger partial charge in [-0.3, -0.25) is 0 Å². The molecule has 0 atom stereocenters. The Morgan fingerprint density at radius 1 is 0.190 bits per heavy atom. The fourth-order valence-electron chi connectivity index (χ4n) is 13.5. The maximum atomic E-state index is 2.52. The third-order valence-electron chi connectivity index (χ3n) is 16.9. The van der Waals surface area contributed by atoms with Gasteiger partial charge in [0.2, 0.25) is 0 Å². The topological polar surface area (TPSA) is 9.86 Å². The molecular formula is C76H46N2S. The van der Waals surface area contributed by atoms with E-state index in [1.54, 1.807) is 0 Å². The Labute approximate surface area is 459 Å². The summed E-state index contributed by atoms with van der Waals surface area (Å²) in [5.41, 5.74) is 17.1. The standard InChI is InChI=1S/C76H46N2S/c1-3-19-47(20-4-1)49-36-40-69-64(43-49)53-23-15-17-33-67(53)77(69)75-60-29-11-7-25-56(60)73(57-26-8-12-30-61(57)75)51-38-42-71-66(45-51)55-39-35-52(46-72(55)79-71)74-58-27-9-13-31-62(58)76(63-32-14-10-28-59(63)74)78-68-34-18-16-24-54(68)65-44-50(37-41-70(65)78)48-21-5-2-6-22-48/h1-46H. The zero-order chi connectivity index (χ0) is 51.7. The van der Waals surface area contributed by atoms with Crippen molar-refractivity contribution < 1.29 is 0 Å². The first-order valence-electron chi connectivity index (χ1n) is 27.2. The van der Waals surface area contributed by atoms with Crippen LogP contribution in [0.2, 0.25) is 0 Å². The number of hydrogen-bond acceptors (Lipinski definition) is 1. The summed E-state index contributed by atoms with van der Waals surface area (Å²) < 4.78 is 7.61. The molecule has 0 unspecified atom stereocenters. The molecular weight excluding hydrogens is 973 g/mol. The molecule has 0 saturated carbocycles. The van der Waals surface area contributed by atoms with E-state index >= 15 is 0 Å². The molecule has 79 heavy (non-hydrogen) atoms. The van der Waals surface area contributed by atoms with Crippen molar-refractivity contribution in [2.24, 2.45) is 0 Å². The number of rotatable bonds is 6. The minimum absolute atomic E-state index is 1.20. The maximum absolute atomic E-state index is 2.52. The van der Waals surface area contributed by atoms with E-state index in [1.807, 2.05) is 11.3 Å².